The minimum atomic E-state index is -1.23. The van der Waals surface area contributed by atoms with E-state index in [0.717, 1.165) is 0 Å². The van der Waals surface area contributed by atoms with Gasteiger partial charge in [0.2, 0.25) is 0 Å². The SMILES string of the molecule is O=C([O-])CCCC(=O)[O-].[Cu+2]. The molecule has 0 N–H and O–H groups in total. The molecule has 0 aromatic heterocycles. The molecule has 61 valence electrons. The molecule has 0 aromatic rings. The maximum atomic E-state index is 9.66. The Bertz CT molecular complexity index is 109. The van der Waals surface area contributed by atoms with Crippen molar-refractivity contribution in [2.24, 2.45) is 0 Å². The van der Waals surface area contributed by atoms with Crippen molar-refractivity contribution in [1.29, 1.82) is 0 Å². The molecule has 0 aromatic carbocycles. The Morgan fingerprint density at radius 1 is 1.00 bits per heavy atom. The molecular weight excluding hydrogens is 188 g/mol. The number of hydrogen-bond donors (Lipinski definition) is 0. The van der Waals surface area contributed by atoms with E-state index in [9.17, 15) is 19.8 Å². The van der Waals surface area contributed by atoms with Gasteiger partial charge in [0.05, 0.1) is 0 Å². The Balaban J connectivity index is 0. The summed E-state index contributed by atoms with van der Waals surface area (Å²) in [5.74, 6) is -2.45. The third-order valence-electron chi connectivity index (χ3n) is 0.762. The molecule has 0 saturated heterocycles. The molecule has 0 aliphatic rings. The monoisotopic (exact) mass is 193 g/mol. The van der Waals surface area contributed by atoms with Gasteiger partial charge in [-0.3, -0.25) is 0 Å². The summed E-state index contributed by atoms with van der Waals surface area (Å²) in [5, 5.41) is 19.3. The van der Waals surface area contributed by atoms with E-state index in [-0.39, 0.29) is 36.3 Å². The second-order valence-corrected chi connectivity index (χ2v) is 1.60. The van der Waals surface area contributed by atoms with Crippen molar-refractivity contribution < 1.29 is 36.9 Å². The molecule has 0 unspecified atom stereocenters. The van der Waals surface area contributed by atoms with Crippen LogP contribution in [-0.4, -0.2) is 11.9 Å². The number of carboxylic acids is 2. The first-order valence-electron chi connectivity index (χ1n) is 2.52. The molecular formula is C5H6CuO4. The fourth-order valence-electron chi connectivity index (χ4n) is 0.377. The molecule has 4 nitrogen and oxygen atoms in total. The molecule has 0 fully saturated rings. The second-order valence-electron chi connectivity index (χ2n) is 1.60. The quantitative estimate of drug-likeness (QED) is 0.469. The van der Waals surface area contributed by atoms with Gasteiger partial charge in [-0.2, -0.15) is 0 Å². The number of carbonyl (C=O) groups excluding carboxylic acids is 2. The predicted octanol–water partition coefficient (Wildman–Crippen LogP) is -2.35. The summed E-state index contributed by atoms with van der Waals surface area (Å²) in [7, 11) is 0. The second kappa shape index (κ2) is 6.58. The summed E-state index contributed by atoms with van der Waals surface area (Å²) in [4.78, 5) is 19.3. The van der Waals surface area contributed by atoms with Gasteiger partial charge in [-0.1, -0.05) is 0 Å². The van der Waals surface area contributed by atoms with E-state index in [1.807, 2.05) is 0 Å². The molecule has 0 aliphatic heterocycles. The van der Waals surface area contributed by atoms with Gasteiger partial charge >= 0.3 is 17.1 Å². The van der Waals surface area contributed by atoms with Crippen LogP contribution in [0.5, 0.6) is 0 Å². The van der Waals surface area contributed by atoms with Crippen LogP contribution in [0.1, 0.15) is 19.3 Å². The summed E-state index contributed by atoms with van der Waals surface area (Å²) in [6, 6.07) is 0. The maximum Gasteiger partial charge on any atom is 2.00 e. The first kappa shape index (κ1) is 12.2. The molecule has 5 heteroatoms. The van der Waals surface area contributed by atoms with Crippen molar-refractivity contribution in [1.82, 2.24) is 0 Å². The van der Waals surface area contributed by atoms with Crippen molar-refractivity contribution in [2.75, 3.05) is 0 Å². The zero-order valence-electron chi connectivity index (χ0n) is 5.06. The standard InChI is InChI=1S/C5H8O4.Cu/c6-4(7)2-1-3-5(8)9;/h1-3H2,(H,6,7)(H,8,9);/q;+2/p-2. The summed E-state index contributed by atoms with van der Waals surface area (Å²) in [6.45, 7) is 0. The van der Waals surface area contributed by atoms with Gasteiger partial charge in [-0.25, -0.2) is 0 Å². The van der Waals surface area contributed by atoms with Crippen LogP contribution in [-0.2, 0) is 26.7 Å². The van der Waals surface area contributed by atoms with E-state index in [2.05, 4.69) is 0 Å². The first-order chi connectivity index (χ1) is 4.13. The molecule has 0 heterocycles. The van der Waals surface area contributed by atoms with E-state index in [0.29, 0.717) is 0 Å². The predicted molar refractivity (Wildman–Crippen MR) is 23.9 cm³/mol. The molecule has 1 radical (unpaired) electrons. The average molecular weight is 194 g/mol. The minimum absolute atomic E-state index is 0. The summed E-state index contributed by atoms with van der Waals surface area (Å²) >= 11 is 0. The molecule has 10 heavy (non-hydrogen) atoms. The zero-order chi connectivity index (χ0) is 7.28. The fraction of sp³-hybridized carbons (Fsp3) is 0.600. The van der Waals surface area contributed by atoms with Gasteiger partial charge in [0, 0.05) is 11.9 Å². The van der Waals surface area contributed by atoms with Crippen LogP contribution in [0.15, 0.2) is 0 Å². The molecule has 0 bridgehead atoms. The van der Waals surface area contributed by atoms with Gasteiger partial charge in [-0.15, -0.1) is 0 Å². The zero-order valence-corrected chi connectivity index (χ0v) is 6.00. The Kier molecular flexibility index (Phi) is 8.00. The molecule has 0 amide bonds. The van der Waals surface area contributed by atoms with Gasteiger partial charge in [0.25, 0.3) is 0 Å². The van der Waals surface area contributed by atoms with Crippen molar-refractivity contribution in [3.05, 3.63) is 0 Å². The van der Waals surface area contributed by atoms with Crippen LogP contribution in [0.3, 0.4) is 0 Å². The first-order valence-corrected chi connectivity index (χ1v) is 2.52. The smallest absolute Gasteiger partial charge is 0.550 e. The fourth-order valence-corrected chi connectivity index (χ4v) is 0.377. The van der Waals surface area contributed by atoms with Gasteiger partial charge < -0.3 is 19.8 Å². The molecule has 0 saturated carbocycles. The van der Waals surface area contributed by atoms with Gasteiger partial charge in [0.15, 0.2) is 0 Å². The Morgan fingerprint density at radius 2 is 1.30 bits per heavy atom. The molecule has 0 aliphatic carbocycles. The van der Waals surface area contributed by atoms with Crippen LogP contribution in [0, 0.1) is 0 Å². The number of hydrogen-bond acceptors (Lipinski definition) is 4. The van der Waals surface area contributed by atoms with E-state index >= 15 is 0 Å². The van der Waals surface area contributed by atoms with E-state index in [1.54, 1.807) is 0 Å². The van der Waals surface area contributed by atoms with E-state index in [4.69, 9.17) is 0 Å². The number of rotatable bonds is 4. The van der Waals surface area contributed by atoms with Gasteiger partial charge in [-0.05, 0) is 19.3 Å². The topological polar surface area (TPSA) is 80.3 Å². The summed E-state index contributed by atoms with van der Waals surface area (Å²) in [6.07, 6.45) is -0.341. The number of aliphatic carboxylic acids is 2. The molecule has 0 rings (SSSR count). The maximum absolute atomic E-state index is 9.66. The third-order valence-corrected chi connectivity index (χ3v) is 0.762. The van der Waals surface area contributed by atoms with Gasteiger partial charge in [0.1, 0.15) is 0 Å². The normalized spacial score (nSPS) is 8.00. The molecule has 0 spiro atoms. The average Bonchev–Trinajstić information content (AvgIpc) is 1.63. The number of carboxylic acid groups (broad SMARTS) is 2. The Morgan fingerprint density at radius 3 is 1.50 bits per heavy atom. The van der Waals surface area contributed by atoms with Crippen molar-refractivity contribution in [2.45, 2.75) is 19.3 Å². The Hall–Kier alpha value is -0.541. The summed E-state index contributed by atoms with van der Waals surface area (Å²) in [5.41, 5.74) is 0. The Labute approximate surface area is 68.7 Å². The van der Waals surface area contributed by atoms with Crippen molar-refractivity contribution >= 4 is 11.9 Å². The number of carbonyl (C=O) groups is 2. The van der Waals surface area contributed by atoms with Crippen LogP contribution < -0.4 is 10.2 Å². The van der Waals surface area contributed by atoms with Crippen molar-refractivity contribution in [3.63, 3.8) is 0 Å². The summed E-state index contributed by atoms with van der Waals surface area (Å²) < 4.78 is 0. The van der Waals surface area contributed by atoms with Crippen LogP contribution >= 0.6 is 0 Å². The van der Waals surface area contributed by atoms with Crippen molar-refractivity contribution in [3.8, 4) is 0 Å². The van der Waals surface area contributed by atoms with Crippen LogP contribution in [0.4, 0.5) is 0 Å². The minimum Gasteiger partial charge on any atom is -0.550 e. The van der Waals surface area contributed by atoms with Crippen LogP contribution in [0.25, 0.3) is 0 Å². The van der Waals surface area contributed by atoms with Crippen LogP contribution in [0.2, 0.25) is 0 Å². The third kappa shape index (κ3) is 10.4. The molecule has 0 atom stereocenters. The van der Waals surface area contributed by atoms with E-state index in [1.165, 1.54) is 0 Å². The van der Waals surface area contributed by atoms with E-state index < -0.39 is 11.9 Å². The largest absolute Gasteiger partial charge is 2.00 e.